The number of aromatic nitrogens is 2. The van der Waals surface area contributed by atoms with Crippen LogP contribution in [0.4, 0.5) is 6.01 Å². The highest BCUT2D eigenvalue weighted by molar-refractivity contribution is 5.65. The van der Waals surface area contributed by atoms with E-state index in [0.29, 0.717) is 5.89 Å². The number of hydrogen-bond donors (Lipinski definition) is 1. The summed E-state index contributed by atoms with van der Waals surface area (Å²) in [5.74, 6) is 0.409. The third-order valence-corrected chi connectivity index (χ3v) is 1.67. The van der Waals surface area contributed by atoms with Crippen LogP contribution in [0, 0.1) is 0 Å². The summed E-state index contributed by atoms with van der Waals surface area (Å²) < 4.78 is 4.97. The zero-order valence-corrected chi connectivity index (χ0v) is 7.42. The molecule has 2 N–H and O–H groups in total. The molecule has 0 bridgehead atoms. The predicted molar refractivity (Wildman–Crippen MR) is 54.1 cm³/mol. The Morgan fingerprint density at radius 2 is 1.86 bits per heavy atom. The van der Waals surface area contributed by atoms with Crippen LogP contribution in [0.15, 0.2) is 34.7 Å². The smallest absolute Gasteiger partial charge is 0.313 e. The van der Waals surface area contributed by atoms with Gasteiger partial charge in [-0.3, -0.25) is 0 Å². The van der Waals surface area contributed by atoms with E-state index >= 15 is 0 Å². The number of benzene rings is 1. The molecule has 0 aliphatic heterocycles. The number of hydrogen-bond acceptors (Lipinski definition) is 4. The van der Waals surface area contributed by atoms with Crippen LogP contribution in [0.5, 0.6) is 0 Å². The normalized spacial score (nSPS) is 10.9. The third-order valence-electron chi connectivity index (χ3n) is 1.67. The Labute approximate surface area is 81.1 Å². The van der Waals surface area contributed by atoms with Gasteiger partial charge in [-0.1, -0.05) is 35.4 Å². The number of nitrogens with two attached hydrogens (primary N) is 1. The van der Waals surface area contributed by atoms with Gasteiger partial charge in [-0.2, -0.15) is 0 Å². The number of nitrogens with zero attached hydrogens (tertiary/aromatic N) is 2. The van der Waals surface area contributed by atoms with Gasteiger partial charge < -0.3 is 10.2 Å². The molecule has 14 heavy (non-hydrogen) atoms. The first-order valence-electron chi connectivity index (χ1n) is 4.17. The van der Waals surface area contributed by atoms with Gasteiger partial charge in [0.1, 0.15) is 0 Å². The number of rotatable bonds is 2. The highest BCUT2D eigenvalue weighted by atomic mass is 16.4. The minimum absolute atomic E-state index is 0.0812. The lowest BCUT2D eigenvalue weighted by molar-refractivity contribution is 0.563. The minimum Gasteiger partial charge on any atom is -0.404 e. The summed E-state index contributed by atoms with van der Waals surface area (Å²) in [5, 5.41) is 7.24. The largest absolute Gasteiger partial charge is 0.404 e. The van der Waals surface area contributed by atoms with Gasteiger partial charge in [0, 0.05) is 6.08 Å². The van der Waals surface area contributed by atoms with Crippen LogP contribution < -0.4 is 5.73 Å². The topological polar surface area (TPSA) is 64.9 Å². The summed E-state index contributed by atoms with van der Waals surface area (Å²) >= 11 is 0. The zero-order chi connectivity index (χ0) is 9.80. The van der Waals surface area contributed by atoms with Crippen molar-refractivity contribution in [1.82, 2.24) is 10.2 Å². The SMILES string of the molecule is Nc1nnc(/C=C\c2ccccc2)o1. The first kappa shape index (κ1) is 8.50. The van der Waals surface area contributed by atoms with Crippen molar-refractivity contribution < 1.29 is 4.42 Å². The fourth-order valence-corrected chi connectivity index (χ4v) is 1.05. The van der Waals surface area contributed by atoms with E-state index in [2.05, 4.69) is 10.2 Å². The number of nitrogen functional groups attached to an aromatic ring is 1. The van der Waals surface area contributed by atoms with Gasteiger partial charge in [0.25, 0.3) is 0 Å². The molecule has 2 rings (SSSR count). The lowest BCUT2D eigenvalue weighted by Crippen LogP contribution is -1.81. The Balaban J connectivity index is 2.15. The molecule has 0 spiro atoms. The van der Waals surface area contributed by atoms with E-state index in [-0.39, 0.29) is 6.01 Å². The zero-order valence-electron chi connectivity index (χ0n) is 7.42. The highest BCUT2D eigenvalue weighted by Gasteiger charge is 1.96. The molecule has 0 saturated heterocycles. The van der Waals surface area contributed by atoms with Crippen molar-refractivity contribution in [3.63, 3.8) is 0 Å². The summed E-state index contributed by atoms with van der Waals surface area (Å²) in [4.78, 5) is 0. The van der Waals surface area contributed by atoms with Crippen LogP contribution in [0.25, 0.3) is 12.2 Å². The molecule has 1 aromatic carbocycles. The van der Waals surface area contributed by atoms with Crippen molar-refractivity contribution in [2.45, 2.75) is 0 Å². The van der Waals surface area contributed by atoms with Crippen molar-refractivity contribution in [3.8, 4) is 0 Å². The lowest BCUT2D eigenvalue weighted by Gasteiger charge is -1.88. The van der Waals surface area contributed by atoms with Gasteiger partial charge in [0.2, 0.25) is 5.89 Å². The van der Waals surface area contributed by atoms with E-state index in [9.17, 15) is 0 Å². The second-order valence-electron chi connectivity index (χ2n) is 2.72. The molecule has 0 aliphatic carbocycles. The van der Waals surface area contributed by atoms with Crippen LogP contribution >= 0.6 is 0 Å². The first-order chi connectivity index (χ1) is 6.84. The molecule has 0 fully saturated rings. The molecule has 0 amide bonds. The maximum absolute atomic E-state index is 5.27. The van der Waals surface area contributed by atoms with Gasteiger partial charge in [-0.15, -0.1) is 5.10 Å². The molecule has 0 saturated carbocycles. The van der Waals surface area contributed by atoms with E-state index in [1.54, 1.807) is 6.08 Å². The molecule has 4 heteroatoms. The van der Waals surface area contributed by atoms with Gasteiger partial charge in [0.05, 0.1) is 0 Å². The van der Waals surface area contributed by atoms with E-state index in [4.69, 9.17) is 10.2 Å². The maximum atomic E-state index is 5.27. The van der Waals surface area contributed by atoms with Gasteiger partial charge >= 0.3 is 6.01 Å². The molecule has 0 unspecified atom stereocenters. The molecule has 0 atom stereocenters. The van der Waals surface area contributed by atoms with Gasteiger partial charge in [-0.05, 0) is 11.6 Å². The van der Waals surface area contributed by atoms with Crippen LogP contribution in [-0.4, -0.2) is 10.2 Å². The molecule has 0 radical (unpaired) electrons. The van der Waals surface area contributed by atoms with Crippen molar-refractivity contribution in [3.05, 3.63) is 41.8 Å². The summed E-state index contributed by atoms with van der Waals surface area (Å²) in [6, 6.07) is 9.93. The predicted octanol–water partition coefficient (Wildman–Crippen LogP) is 1.82. The Kier molecular flexibility index (Phi) is 2.27. The summed E-state index contributed by atoms with van der Waals surface area (Å²) in [7, 11) is 0. The summed E-state index contributed by atoms with van der Waals surface area (Å²) in [6.07, 6.45) is 3.60. The van der Waals surface area contributed by atoms with Crippen LogP contribution in [0.3, 0.4) is 0 Å². The molecule has 1 heterocycles. The lowest BCUT2D eigenvalue weighted by atomic mass is 10.2. The molecule has 70 valence electrons. The Morgan fingerprint density at radius 3 is 2.50 bits per heavy atom. The molecule has 0 aliphatic rings. The Morgan fingerprint density at radius 1 is 1.07 bits per heavy atom. The van der Waals surface area contributed by atoms with Crippen molar-refractivity contribution in [2.24, 2.45) is 0 Å². The van der Waals surface area contributed by atoms with E-state index in [1.165, 1.54) is 0 Å². The third kappa shape index (κ3) is 1.98. The van der Waals surface area contributed by atoms with E-state index in [0.717, 1.165) is 5.56 Å². The van der Waals surface area contributed by atoms with Crippen LogP contribution in [-0.2, 0) is 0 Å². The quantitative estimate of drug-likeness (QED) is 0.778. The molecule has 1 aromatic heterocycles. The van der Waals surface area contributed by atoms with Gasteiger partial charge in [0.15, 0.2) is 0 Å². The van der Waals surface area contributed by atoms with E-state index < -0.39 is 0 Å². The average molecular weight is 187 g/mol. The fraction of sp³-hybridized carbons (Fsp3) is 0. The number of anilines is 1. The van der Waals surface area contributed by atoms with E-state index in [1.807, 2.05) is 36.4 Å². The van der Waals surface area contributed by atoms with Gasteiger partial charge in [-0.25, -0.2) is 0 Å². The summed E-state index contributed by atoms with van der Waals surface area (Å²) in [6.45, 7) is 0. The summed E-state index contributed by atoms with van der Waals surface area (Å²) in [5.41, 5.74) is 6.35. The molecular weight excluding hydrogens is 178 g/mol. The van der Waals surface area contributed by atoms with Crippen molar-refractivity contribution in [1.29, 1.82) is 0 Å². The average Bonchev–Trinajstić information content (AvgIpc) is 2.63. The first-order valence-corrected chi connectivity index (χ1v) is 4.17. The van der Waals surface area contributed by atoms with Crippen LogP contribution in [0.1, 0.15) is 11.5 Å². The fourth-order valence-electron chi connectivity index (χ4n) is 1.05. The van der Waals surface area contributed by atoms with Crippen molar-refractivity contribution >= 4 is 18.2 Å². The monoisotopic (exact) mass is 187 g/mol. The second kappa shape index (κ2) is 3.74. The highest BCUT2D eigenvalue weighted by Crippen LogP contribution is 2.07. The minimum atomic E-state index is 0.0812. The standard InChI is InChI=1S/C10H9N3O/c11-10-13-12-9(14-10)7-6-8-4-2-1-3-5-8/h1-7H,(H2,11,13)/b7-6-. The maximum Gasteiger partial charge on any atom is 0.313 e. The molecular formula is C10H9N3O. The Hall–Kier alpha value is -2.10. The molecule has 2 aromatic rings. The van der Waals surface area contributed by atoms with Crippen LogP contribution in [0.2, 0.25) is 0 Å². The molecule has 4 nitrogen and oxygen atoms in total. The van der Waals surface area contributed by atoms with Crippen molar-refractivity contribution in [2.75, 3.05) is 5.73 Å². The second-order valence-corrected chi connectivity index (χ2v) is 2.72. The Bertz CT molecular complexity index is 434.